The van der Waals surface area contributed by atoms with Gasteiger partial charge in [-0.2, -0.15) is 13.2 Å². The van der Waals surface area contributed by atoms with Crippen LogP contribution in [0.1, 0.15) is 0 Å². The average Bonchev–Trinajstić information content (AvgIpc) is 2.10. The molecule has 7 heteroatoms. The van der Waals surface area contributed by atoms with Gasteiger partial charge in [0.15, 0.2) is 0 Å². The lowest BCUT2D eigenvalue weighted by Crippen LogP contribution is -2.56. The van der Waals surface area contributed by atoms with Crippen LogP contribution < -0.4 is 0 Å². The van der Waals surface area contributed by atoms with Gasteiger partial charge in [0.05, 0.1) is 0 Å². The molecule has 0 aliphatic rings. The maximum absolute atomic E-state index is 12.1. The molecule has 0 aliphatic carbocycles. The molecule has 0 N–H and O–H groups in total. The predicted molar refractivity (Wildman–Crippen MR) is 44.1 cm³/mol. The Bertz CT molecular complexity index is 127. The van der Waals surface area contributed by atoms with Gasteiger partial charge in [0, 0.05) is 21.3 Å². The van der Waals surface area contributed by atoms with Gasteiger partial charge in [-0.1, -0.05) is 0 Å². The number of hydrogen-bond acceptors (Lipinski definition) is 3. The monoisotopic (exact) mass is 218 g/mol. The standard InChI is InChI=1S/C4H9F3O3Si.C2H4/c1-8-11(9-2,10-3)4(5,6)7;1-2/h1-3H3;1-2H2. The smallest absolute Gasteiger partial charge is 0.371 e. The van der Waals surface area contributed by atoms with E-state index in [4.69, 9.17) is 0 Å². The molecule has 0 fully saturated rings. The van der Waals surface area contributed by atoms with Crippen molar-refractivity contribution >= 4 is 8.80 Å². The highest BCUT2D eigenvalue weighted by Crippen LogP contribution is 2.29. The van der Waals surface area contributed by atoms with Crippen LogP contribution in [0.2, 0.25) is 0 Å². The second kappa shape index (κ2) is 6.14. The van der Waals surface area contributed by atoms with E-state index in [2.05, 4.69) is 26.4 Å². The normalized spacial score (nSPS) is 11.8. The molecule has 0 radical (unpaired) electrons. The first-order valence-corrected chi connectivity index (χ1v) is 4.88. The Kier molecular flexibility index (Phi) is 7.14. The highest BCUT2D eigenvalue weighted by molar-refractivity contribution is 6.62. The topological polar surface area (TPSA) is 27.7 Å². The molecule has 0 heterocycles. The third-order valence-electron chi connectivity index (χ3n) is 1.15. The number of rotatable bonds is 3. The first-order valence-electron chi connectivity index (χ1n) is 3.15. The van der Waals surface area contributed by atoms with Crippen molar-refractivity contribution in [2.75, 3.05) is 21.3 Å². The molecule has 0 aromatic carbocycles. The van der Waals surface area contributed by atoms with Crippen LogP contribution in [-0.2, 0) is 13.3 Å². The zero-order chi connectivity index (χ0) is 11.1. The van der Waals surface area contributed by atoms with Crippen LogP contribution in [0.25, 0.3) is 0 Å². The average molecular weight is 218 g/mol. The lowest BCUT2D eigenvalue weighted by Gasteiger charge is -2.25. The van der Waals surface area contributed by atoms with Crippen LogP contribution in [-0.4, -0.2) is 35.9 Å². The van der Waals surface area contributed by atoms with Gasteiger partial charge in [0.1, 0.15) is 0 Å². The van der Waals surface area contributed by atoms with Gasteiger partial charge < -0.3 is 13.3 Å². The summed E-state index contributed by atoms with van der Waals surface area (Å²) in [5.41, 5.74) is 0. The minimum atomic E-state index is -4.56. The molecule has 0 bridgehead atoms. The summed E-state index contributed by atoms with van der Waals surface area (Å²) in [4.78, 5) is 0. The van der Waals surface area contributed by atoms with Crippen molar-refractivity contribution < 1.29 is 26.4 Å². The Balaban J connectivity index is 0. The van der Waals surface area contributed by atoms with Gasteiger partial charge in [-0.15, -0.1) is 13.2 Å². The molecule has 0 aromatic heterocycles. The van der Waals surface area contributed by atoms with Gasteiger partial charge in [0.25, 0.3) is 0 Å². The molecule has 0 aromatic rings. The maximum atomic E-state index is 12.1. The summed E-state index contributed by atoms with van der Waals surface area (Å²) >= 11 is 0. The van der Waals surface area contributed by atoms with Crippen molar-refractivity contribution in [3.63, 3.8) is 0 Å². The molecule has 3 nitrogen and oxygen atoms in total. The number of hydrogen-bond donors (Lipinski definition) is 0. The molecule has 0 aliphatic heterocycles. The highest BCUT2D eigenvalue weighted by atomic mass is 28.4. The van der Waals surface area contributed by atoms with Crippen LogP contribution in [0.5, 0.6) is 0 Å². The summed E-state index contributed by atoms with van der Waals surface area (Å²) in [5.74, 6) is -4.56. The summed E-state index contributed by atoms with van der Waals surface area (Å²) < 4.78 is 48.7. The van der Waals surface area contributed by atoms with Crippen molar-refractivity contribution in [2.24, 2.45) is 0 Å². The minimum absolute atomic E-state index is 0.909. The van der Waals surface area contributed by atoms with Crippen LogP contribution in [0, 0.1) is 0 Å². The van der Waals surface area contributed by atoms with Crippen molar-refractivity contribution in [3.05, 3.63) is 13.2 Å². The summed E-state index contributed by atoms with van der Waals surface area (Å²) in [6.45, 7) is 6.00. The SMILES string of the molecule is C=C.CO[Si](OC)(OC)C(F)(F)F. The van der Waals surface area contributed by atoms with E-state index in [1.54, 1.807) is 0 Å². The maximum Gasteiger partial charge on any atom is 0.615 e. The molecule has 0 rings (SSSR count). The second-order valence-corrected chi connectivity index (χ2v) is 4.57. The third kappa shape index (κ3) is 3.47. The minimum Gasteiger partial charge on any atom is -0.371 e. The Hall–Kier alpha value is -0.373. The molecular weight excluding hydrogens is 205 g/mol. The van der Waals surface area contributed by atoms with E-state index in [-0.39, 0.29) is 0 Å². The van der Waals surface area contributed by atoms with Crippen molar-refractivity contribution in [1.29, 1.82) is 0 Å². The second-order valence-electron chi connectivity index (χ2n) is 1.67. The Labute approximate surface area is 76.5 Å². The van der Waals surface area contributed by atoms with E-state index in [0.29, 0.717) is 0 Å². The Morgan fingerprint density at radius 2 is 1.15 bits per heavy atom. The van der Waals surface area contributed by atoms with Gasteiger partial charge in [-0.25, -0.2) is 0 Å². The summed E-state index contributed by atoms with van der Waals surface area (Å²) in [6.07, 6.45) is 0. The van der Waals surface area contributed by atoms with Gasteiger partial charge >= 0.3 is 14.6 Å². The highest BCUT2D eigenvalue weighted by Gasteiger charge is 2.65. The lowest BCUT2D eigenvalue weighted by molar-refractivity contribution is -0.122. The fourth-order valence-corrected chi connectivity index (χ4v) is 1.79. The van der Waals surface area contributed by atoms with Crippen LogP contribution >= 0.6 is 0 Å². The van der Waals surface area contributed by atoms with Gasteiger partial charge in [-0.3, -0.25) is 0 Å². The third-order valence-corrected chi connectivity index (χ3v) is 3.46. The Morgan fingerprint density at radius 1 is 0.923 bits per heavy atom. The fourth-order valence-electron chi connectivity index (χ4n) is 0.597. The predicted octanol–water partition coefficient (Wildman–Crippen LogP) is 1.77. The molecule has 0 amide bonds. The quantitative estimate of drug-likeness (QED) is 0.533. The zero-order valence-corrected chi connectivity index (χ0v) is 8.77. The summed E-state index contributed by atoms with van der Waals surface area (Å²) in [5, 5.41) is 0. The van der Waals surface area contributed by atoms with Gasteiger partial charge in [0.2, 0.25) is 0 Å². The van der Waals surface area contributed by atoms with Crippen molar-refractivity contribution in [2.45, 2.75) is 5.80 Å². The molecule has 0 spiro atoms. The molecular formula is C6H13F3O3Si. The van der Waals surface area contributed by atoms with E-state index < -0.39 is 14.6 Å². The van der Waals surface area contributed by atoms with Crippen LogP contribution in [0.4, 0.5) is 13.2 Å². The number of alkyl halides is 3. The molecule has 0 saturated heterocycles. The van der Waals surface area contributed by atoms with Crippen LogP contribution in [0.3, 0.4) is 0 Å². The summed E-state index contributed by atoms with van der Waals surface area (Å²) in [7, 11) is -1.69. The van der Waals surface area contributed by atoms with Crippen molar-refractivity contribution in [3.8, 4) is 0 Å². The molecule has 0 unspecified atom stereocenters. The fraction of sp³-hybridized carbons (Fsp3) is 0.667. The zero-order valence-electron chi connectivity index (χ0n) is 7.77. The molecule has 0 saturated carbocycles. The largest absolute Gasteiger partial charge is 0.615 e. The van der Waals surface area contributed by atoms with E-state index in [1.165, 1.54) is 0 Å². The van der Waals surface area contributed by atoms with Gasteiger partial charge in [-0.05, 0) is 0 Å². The van der Waals surface area contributed by atoms with Crippen molar-refractivity contribution in [1.82, 2.24) is 0 Å². The Morgan fingerprint density at radius 3 is 1.15 bits per heavy atom. The molecule has 13 heavy (non-hydrogen) atoms. The first kappa shape index (κ1) is 15.1. The molecule has 80 valence electrons. The lowest BCUT2D eigenvalue weighted by atomic mass is 11.3. The number of halogens is 3. The van der Waals surface area contributed by atoms with Crippen LogP contribution in [0.15, 0.2) is 13.2 Å². The van der Waals surface area contributed by atoms with E-state index in [1.807, 2.05) is 0 Å². The van der Waals surface area contributed by atoms with E-state index in [0.717, 1.165) is 21.3 Å². The molecule has 0 atom stereocenters. The van der Waals surface area contributed by atoms with E-state index in [9.17, 15) is 13.2 Å². The van der Waals surface area contributed by atoms with E-state index >= 15 is 0 Å². The first-order chi connectivity index (χ1) is 5.93. The summed E-state index contributed by atoms with van der Waals surface area (Å²) in [6, 6.07) is 0.